The minimum Gasteiger partial charge on any atom is -0.507 e. The molecule has 1 atom stereocenters. The van der Waals surface area contributed by atoms with Gasteiger partial charge in [0.15, 0.2) is 0 Å². The van der Waals surface area contributed by atoms with Crippen LogP contribution < -0.4 is 14.4 Å². The first-order chi connectivity index (χ1) is 18.2. The summed E-state index contributed by atoms with van der Waals surface area (Å²) in [5, 5.41) is 20.7. The maximum absolute atomic E-state index is 13.4. The van der Waals surface area contributed by atoms with Crippen LogP contribution in [0.4, 0.5) is 5.95 Å². The predicted octanol–water partition coefficient (Wildman–Crippen LogP) is 4.67. The summed E-state index contributed by atoms with van der Waals surface area (Å²) in [6.07, 6.45) is 0. The molecule has 2 heterocycles. The van der Waals surface area contributed by atoms with Crippen LogP contribution in [0, 0.1) is 0 Å². The number of carboxylic acid groups (broad SMARTS) is 1. The molecule has 1 aliphatic heterocycles. The van der Waals surface area contributed by atoms with Gasteiger partial charge in [0.05, 0.1) is 46.9 Å². The van der Waals surface area contributed by atoms with E-state index in [1.165, 1.54) is 32.4 Å². The third kappa shape index (κ3) is 4.16. The second-order valence-corrected chi connectivity index (χ2v) is 9.24. The van der Waals surface area contributed by atoms with Gasteiger partial charge in [-0.15, -0.1) is 0 Å². The number of carbonyl (C=O) groups is 3. The molecule has 0 radical (unpaired) electrons. The average Bonchev–Trinajstić information content (AvgIpc) is 3.45. The van der Waals surface area contributed by atoms with Gasteiger partial charge in [0.2, 0.25) is 5.95 Å². The van der Waals surface area contributed by atoms with E-state index in [-0.39, 0.29) is 22.8 Å². The highest BCUT2D eigenvalue weighted by molar-refractivity contribution is 9.10. The van der Waals surface area contributed by atoms with Crippen molar-refractivity contribution in [1.82, 2.24) is 9.97 Å². The fraction of sp³-hybridized carbons (Fsp3) is 0.111. The first-order valence-electron chi connectivity index (χ1n) is 11.3. The number of rotatable bonds is 6. The molecule has 11 heteroatoms. The first kappa shape index (κ1) is 25.0. The van der Waals surface area contributed by atoms with Crippen molar-refractivity contribution in [3.05, 3.63) is 87.4 Å². The summed E-state index contributed by atoms with van der Waals surface area (Å²) in [5.74, 6) is -2.18. The third-order valence-corrected chi connectivity index (χ3v) is 6.87. The molecule has 4 aromatic rings. The monoisotopic (exact) mass is 577 g/mol. The number of benzene rings is 3. The molecule has 1 fully saturated rings. The van der Waals surface area contributed by atoms with Crippen molar-refractivity contribution < 1.29 is 34.1 Å². The maximum atomic E-state index is 13.4. The Morgan fingerprint density at radius 1 is 0.974 bits per heavy atom. The van der Waals surface area contributed by atoms with Crippen LogP contribution in [0.25, 0.3) is 16.8 Å². The smallest absolute Gasteiger partial charge is 0.335 e. The zero-order chi connectivity index (χ0) is 27.1. The maximum Gasteiger partial charge on any atom is 0.335 e. The van der Waals surface area contributed by atoms with Crippen molar-refractivity contribution in [1.29, 1.82) is 0 Å². The normalized spacial score (nSPS) is 16.7. The standard InChI is InChI=1S/C27H20BrN3O7/c1-37-16-7-3-13(4-8-16)22-21(23(32)14-6-10-20(38-2)17(28)11-14)24(33)25(34)31(22)27-29-18-9-5-15(26(35)36)12-19(18)30-27/h3-12,22,32H,1-2H3,(H,29,30)(H,35,36)/b23-21+. The van der Waals surface area contributed by atoms with Crippen LogP contribution in [0.2, 0.25) is 0 Å². The average molecular weight is 578 g/mol. The summed E-state index contributed by atoms with van der Waals surface area (Å²) in [7, 11) is 3.02. The van der Waals surface area contributed by atoms with E-state index in [1.807, 2.05) is 0 Å². The number of imidazole rings is 1. The van der Waals surface area contributed by atoms with Crippen molar-refractivity contribution in [2.45, 2.75) is 6.04 Å². The van der Waals surface area contributed by atoms with Gasteiger partial charge in [0.25, 0.3) is 5.78 Å². The SMILES string of the molecule is COc1ccc(C2/C(=C(\O)c3ccc(OC)c(Br)c3)C(=O)C(=O)N2c2nc3ccc(C(=O)O)cc3[nH]2)cc1. The predicted molar refractivity (Wildman–Crippen MR) is 142 cm³/mol. The molecule has 192 valence electrons. The lowest BCUT2D eigenvalue weighted by Crippen LogP contribution is -2.30. The number of carbonyl (C=O) groups excluding carboxylic acids is 2. The molecule has 38 heavy (non-hydrogen) atoms. The highest BCUT2D eigenvalue weighted by Crippen LogP contribution is 2.42. The van der Waals surface area contributed by atoms with E-state index in [0.717, 1.165) is 4.90 Å². The molecule has 0 bridgehead atoms. The van der Waals surface area contributed by atoms with E-state index in [4.69, 9.17) is 9.47 Å². The Morgan fingerprint density at radius 2 is 1.68 bits per heavy atom. The van der Waals surface area contributed by atoms with E-state index < -0.39 is 23.7 Å². The number of aliphatic hydroxyl groups excluding tert-OH is 1. The molecule has 3 N–H and O–H groups in total. The Kier molecular flexibility index (Phi) is 6.37. The minimum atomic E-state index is -1.12. The number of H-pyrrole nitrogens is 1. The van der Waals surface area contributed by atoms with Crippen molar-refractivity contribution in [3.8, 4) is 11.5 Å². The van der Waals surface area contributed by atoms with E-state index in [2.05, 4.69) is 25.9 Å². The molecular formula is C27H20BrN3O7. The number of ether oxygens (including phenoxy) is 2. The summed E-state index contributed by atoms with van der Waals surface area (Å²) in [5.41, 5.74) is 1.49. The van der Waals surface area contributed by atoms with Crippen LogP contribution in [-0.4, -0.2) is 52.1 Å². The lowest BCUT2D eigenvalue weighted by molar-refractivity contribution is -0.132. The molecule has 0 spiro atoms. The largest absolute Gasteiger partial charge is 0.507 e. The first-order valence-corrected chi connectivity index (χ1v) is 12.0. The number of ketones is 1. The third-order valence-electron chi connectivity index (χ3n) is 6.25. The number of hydrogen-bond acceptors (Lipinski definition) is 7. The Hall–Kier alpha value is -4.64. The van der Waals surface area contributed by atoms with E-state index >= 15 is 0 Å². The summed E-state index contributed by atoms with van der Waals surface area (Å²) in [6.45, 7) is 0. The quantitative estimate of drug-likeness (QED) is 0.170. The number of aliphatic hydroxyl groups is 1. The van der Waals surface area contributed by atoms with Gasteiger partial charge in [-0.25, -0.2) is 9.78 Å². The second-order valence-electron chi connectivity index (χ2n) is 8.39. The summed E-state index contributed by atoms with van der Waals surface area (Å²) >= 11 is 3.38. The highest BCUT2D eigenvalue weighted by Gasteiger charge is 2.48. The Balaban J connectivity index is 1.70. The number of nitrogens with zero attached hydrogens (tertiary/aromatic N) is 2. The summed E-state index contributed by atoms with van der Waals surface area (Å²) in [4.78, 5) is 46.8. The lowest BCUT2D eigenvalue weighted by Gasteiger charge is -2.23. The van der Waals surface area contributed by atoms with Gasteiger partial charge in [0, 0.05) is 5.56 Å². The van der Waals surface area contributed by atoms with Gasteiger partial charge >= 0.3 is 11.9 Å². The molecule has 5 rings (SSSR count). The Bertz CT molecular complexity index is 1640. The van der Waals surface area contributed by atoms with E-state index in [1.54, 1.807) is 42.5 Å². The zero-order valence-corrected chi connectivity index (χ0v) is 21.6. The zero-order valence-electron chi connectivity index (χ0n) is 20.1. The number of carboxylic acids is 1. The van der Waals surface area contributed by atoms with Crippen molar-refractivity contribution >= 4 is 56.3 Å². The molecule has 10 nitrogen and oxygen atoms in total. The topological polar surface area (TPSA) is 142 Å². The number of anilines is 1. The molecule has 0 saturated carbocycles. The van der Waals surface area contributed by atoms with Crippen LogP contribution in [0.5, 0.6) is 11.5 Å². The number of amides is 1. The molecular weight excluding hydrogens is 558 g/mol. The molecule has 1 saturated heterocycles. The Labute approximate surface area is 224 Å². The van der Waals surface area contributed by atoms with E-state index in [0.29, 0.717) is 38.1 Å². The number of hydrogen-bond donors (Lipinski definition) is 3. The minimum absolute atomic E-state index is 0.0282. The van der Waals surface area contributed by atoms with Crippen molar-refractivity contribution in [3.63, 3.8) is 0 Å². The Morgan fingerprint density at radius 3 is 2.32 bits per heavy atom. The van der Waals surface area contributed by atoms with Gasteiger partial charge in [-0.2, -0.15) is 0 Å². The lowest BCUT2D eigenvalue weighted by atomic mass is 9.95. The van der Waals surface area contributed by atoms with Crippen molar-refractivity contribution in [2.75, 3.05) is 19.1 Å². The fourth-order valence-electron chi connectivity index (χ4n) is 4.37. The number of halogens is 1. The van der Waals surface area contributed by atoms with Crippen LogP contribution in [-0.2, 0) is 9.59 Å². The molecule has 1 amide bonds. The van der Waals surface area contributed by atoms with Gasteiger partial charge in [-0.1, -0.05) is 12.1 Å². The summed E-state index contributed by atoms with van der Waals surface area (Å²) < 4.78 is 11.0. The fourth-order valence-corrected chi connectivity index (χ4v) is 4.91. The van der Waals surface area contributed by atoms with Crippen LogP contribution in [0.1, 0.15) is 27.5 Å². The van der Waals surface area contributed by atoms with Crippen molar-refractivity contribution in [2.24, 2.45) is 0 Å². The second kappa shape index (κ2) is 9.67. The molecule has 0 aliphatic carbocycles. The van der Waals surface area contributed by atoms with Gasteiger partial charge in [0.1, 0.15) is 17.3 Å². The number of aromatic carboxylic acids is 1. The molecule has 1 aromatic heterocycles. The summed E-state index contributed by atoms with van der Waals surface area (Å²) in [6, 6.07) is 14.8. The van der Waals surface area contributed by atoms with Gasteiger partial charge in [-0.3, -0.25) is 14.5 Å². The number of aromatic amines is 1. The van der Waals surface area contributed by atoms with Gasteiger partial charge in [-0.05, 0) is 70.0 Å². The van der Waals surface area contributed by atoms with Gasteiger partial charge < -0.3 is 24.7 Å². The number of methoxy groups -OCH3 is 2. The molecule has 3 aromatic carbocycles. The number of Topliss-reactive ketones (excluding diaryl/α,β-unsaturated/α-hetero) is 1. The van der Waals surface area contributed by atoms with Crippen LogP contribution in [0.15, 0.2) is 70.7 Å². The number of fused-ring (bicyclic) bond motifs is 1. The van der Waals surface area contributed by atoms with Crippen LogP contribution >= 0.6 is 15.9 Å². The molecule has 1 unspecified atom stereocenters. The van der Waals surface area contributed by atoms with E-state index in [9.17, 15) is 24.6 Å². The van der Waals surface area contributed by atoms with Crippen LogP contribution in [0.3, 0.4) is 0 Å². The highest BCUT2D eigenvalue weighted by atomic mass is 79.9. The number of aromatic nitrogens is 2. The molecule has 1 aliphatic rings. The number of nitrogens with one attached hydrogen (secondary N) is 1.